The van der Waals surface area contributed by atoms with Gasteiger partial charge in [0.25, 0.3) is 11.6 Å². The van der Waals surface area contributed by atoms with Crippen LogP contribution in [0.25, 0.3) is 10.2 Å². The molecule has 1 heterocycles. The first-order chi connectivity index (χ1) is 14.8. The molecule has 1 amide bonds. The molecule has 3 aromatic rings. The molecule has 0 radical (unpaired) electrons. The van der Waals surface area contributed by atoms with Crippen LogP contribution in [0.3, 0.4) is 0 Å². The fourth-order valence-corrected chi connectivity index (χ4v) is 5.11. The number of benzene rings is 2. The van der Waals surface area contributed by atoms with E-state index in [1.807, 2.05) is 6.92 Å². The molecule has 2 aromatic carbocycles. The summed E-state index contributed by atoms with van der Waals surface area (Å²) in [5.74, 6) is -0.836. The molecule has 11 heteroatoms. The van der Waals surface area contributed by atoms with Crippen LogP contribution < -0.4 is 4.80 Å². The second-order valence-electron chi connectivity index (χ2n) is 6.46. The molecule has 0 saturated heterocycles. The van der Waals surface area contributed by atoms with Gasteiger partial charge >= 0.3 is 0 Å². The van der Waals surface area contributed by atoms with E-state index in [-0.39, 0.29) is 21.9 Å². The number of ether oxygens (including phenoxy) is 1. The molecular formula is C20H21N3O6S2. The third-order valence-electron chi connectivity index (χ3n) is 4.57. The van der Waals surface area contributed by atoms with Gasteiger partial charge in [-0.15, -0.1) is 0 Å². The van der Waals surface area contributed by atoms with E-state index in [0.29, 0.717) is 34.8 Å². The van der Waals surface area contributed by atoms with Crippen LogP contribution in [0.2, 0.25) is 0 Å². The number of hydrogen-bond acceptors (Lipinski definition) is 7. The van der Waals surface area contributed by atoms with Gasteiger partial charge in [-0.2, -0.15) is 4.99 Å². The maximum absolute atomic E-state index is 13.0. The molecule has 0 aliphatic rings. The normalized spacial score (nSPS) is 12.4. The number of nitrogens with zero attached hydrogens (tertiary/aromatic N) is 3. The number of non-ortho nitro benzene ring substituents is 1. The second kappa shape index (κ2) is 9.50. The quantitative estimate of drug-likeness (QED) is 0.287. The van der Waals surface area contributed by atoms with Crippen LogP contribution in [0.1, 0.15) is 24.2 Å². The average Bonchev–Trinajstić information content (AvgIpc) is 3.10. The number of nitro groups is 1. The van der Waals surface area contributed by atoms with Crippen LogP contribution in [0, 0.1) is 10.1 Å². The molecule has 9 nitrogen and oxygen atoms in total. The highest BCUT2D eigenvalue weighted by molar-refractivity contribution is 7.91. The summed E-state index contributed by atoms with van der Waals surface area (Å²) >= 11 is 1.19. The van der Waals surface area contributed by atoms with Gasteiger partial charge in [0.1, 0.15) is 0 Å². The van der Waals surface area contributed by atoms with Crippen molar-refractivity contribution >= 4 is 43.0 Å². The van der Waals surface area contributed by atoms with Crippen molar-refractivity contribution in [1.29, 1.82) is 0 Å². The van der Waals surface area contributed by atoms with E-state index >= 15 is 0 Å². The zero-order valence-corrected chi connectivity index (χ0v) is 18.6. The zero-order chi connectivity index (χ0) is 22.6. The molecule has 0 N–H and O–H groups in total. The lowest BCUT2D eigenvalue weighted by atomic mass is 10.2. The van der Waals surface area contributed by atoms with Gasteiger partial charge in [0.05, 0.1) is 38.0 Å². The van der Waals surface area contributed by atoms with Crippen LogP contribution in [0.4, 0.5) is 5.69 Å². The van der Waals surface area contributed by atoms with Crippen molar-refractivity contribution in [3.8, 4) is 0 Å². The minimum atomic E-state index is -3.61. The van der Waals surface area contributed by atoms with E-state index in [9.17, 15) is 23.3 Å². The van der Waals surface area contributed by atoms with Crippen molar-refractivity contribution in [2.75, 3.05) is 19.0 Å². The van der Waals surface area contributed by atoms with Crippen molar-refractivity contribution in [1.82, 2.24) is 4.57 Å². The Hall–Kier alpha value is -2.89. The highest BCUT2D eigenvalue weighted by Crippen LogP contribution is 2.23. The Bertz CT molecular complexity index is 1310. The monoisotopic (exact) mass is 463 g/mol. The minimum absolute atomic E-state index is 0.0101. The topological polar surface area (TPSA) is 121 Å². The maximum Gasteiger partial charge on any atom is 0.280 e. The second-order valence-corrected chi connectivity index (χ2v) is 9.71. The van der Waals surface area contributed by atoms with Crippen molar-refractivity contribution in [3.63, 3.8) is 0 Å². The van der Waals surface area contributed by atoms with E-state index < -0.39 is 20.7 Å². The number of carbonyl (C=O) groups excluding carboxylic acids is 1. The molecule has 0 spiro atoms. The van der Waals surface area contributed by atoms with Gasteiger partial charge in [-0.25, -0.2) is 8.42 Å². The Balaban J connectivity index is 2.17. The Morgan fingerprint density at radius 2 is 1.97 bits per heavy atom. The predicted molar refractivity (Wildman–Crippen MR) is 117 cm³/mol. The minimum Gasteiger partial charge on any atom is -0.380 e. The number of thiazole rings is 1. The van der Waals surface area contributed by atoms with Crippen LogP contribution in [-0.2, 0) is 21.1 Å². The maximum atomic E-state index is 13.0. The van der Waals surface area contributed by atoms with Gasteiger partial charge in [-0.3, -0.25) is 14.9 Å². The van der Waals surface area contributed by atoms with Crippen LogP contribution in [0.15, 0.2) is 52.4 Å². The van der Waals surface area contributed by atoms with Crippen LogP contribution in [0.5, 0.6) is 0 Å². The largest absolute Gasteiger partial charge is 0.380 e. The van der Waals surface area contributed by atoms with Crippen molar-refractivity contribution in [2.24, 2.45) is 4.99 Å². The summed E-state index contributed by atoms with van der Waals surface area (Å²) in [5.41, 5.74) is 0.469. The number of hydrogen-bond donors (Lipinski definition) is 0. The molecule has 0 aliphatic carbocycles. The summed E-state index contributed by atoms with van der Waals surface area (Å²) in [6, 6.07) is 10.4. The number of carbonyl (C=O) groups is 1. The highest BCUT2D eigenvalue weighted by atomic mass is 32.2. The third kappa shape index (κ3) is 4.89. The Morgan fingerprint density at radius 3 is 2.65 bits per heavy atom. The summed E-state index contributed by atoms with van der Waals surface area (Å²) in [6.07, 6.45) is 0. The van der Waals surface area contributed by atoms with Crippen molar-refractivity contribution in [2.45, 2.75) is 25.3 Å². The molecule has 3 rings (SSSR count). The van der Waals surface area contributed by atoms with Gasteiger partial charge < -0.3 is 9.30 Å². The van der Waals surface area contributed by atoms with E-state index in [1.54, 1.807) is 22.8 Å². The number of nitro benzene ring substituents is 1. The lowest BCUT2D eigenvalue weighted by Gasteiger charge is -2.07. The fourth-order valence-electron chi connectivity index (χ4n) is 2.99. The van der Waals surface area contributed by atoms with Crippen molar-refractivity contribution in [3.05, 3.63) is 62.9 Å². The first kappa shape index (κ1) is 22.8. The third-order valence-corrected chi connectivity index (χ3v) is 7.41. The summed E-state index contributed by atoms with van der Waals surface area (Å²) in [4.78, 5) is 28.1. The van der Waals surface area contributed by atoms with Gasteiger partial charge in [0.15, 0.2) is 14.6 Å². The predicted octanol–water partition coefficient (Wildman–Crippen LogP) is 3.18. The average molecular weight is 464 g/mol. The van der Waals surface area contributed by atoms with E-state index in [4.69, 9.17) is 4.74 Å². The number of rotatable bonds is 8. The molecule has 164 valence electrons. The molecule has 0 fully saturated rings. The van der Waals surface area contributed by atoms with E-state index in [1.165, 1.54) is 42.5 Å². The summed E-state index contributed by atoms with van der Waals surface area (Å²) in [6.45, 7) is 4.51. The zero-order valence-electron chi connectivity index (χ0n) is 17.0. The van der Waals surface area contributed by atoms with Crippen molar-refractivity contribution < 1.29 is 22.9 Å². The first-order valence-corrected chi connectivity index (χ1v) is 12.0. The Labute approximate surface area is 182 Å². The van der Waals surface area contributed by atoms with Gasteiger partial charge in [0.2, 0.25) is 0 Å². The summed E-state index contributed by atoms with van der Waals surface area (Å²) in [5, 5.41) is 11.2. The van der Waals surface area contributed by atoms with Crippen LogP contribution in [-0.4, -0.2) is 42.8 Å². The SMILES string of the molecule is CCOCCn1c(=NC(=O)c2ccccc2S(=O)(=O)CC)sc2ccc([N+](=O)[O-])cc21. The number of sulfone groups is 1. The fraction of sp³-hybridized carbons (Fsp3) is 0.300. The van der Waals surface area contributed by atoms with E-state index in [0.717, 1.165) is 0 Å². The molecule has 0 unspecified atom stereocenters. The molecule has 0 aliphatic heterocycles. The first-order valence-electron chi connectivity index (χ1n) is 9.54. The standard InChI is InChI=1S/C20H21N3O6S2/c1-3-29-12-11-22-16-13-14(23(25)26)9-10-17(16)30-20(22)21-19(24)15-7-5-6-8-18(15)31(27,28)4-2/h5-10,13H,3-4,11-12H2,1-2H3. The van der Waals surface area contributed by atoms with Crippen LogP contribution >= 0.6 is 11.3 Å². The molecule has 31 heavy (non-hydrogen) atoms. The summed E-state index contributed by atoms with van der Waals surface area (Å²) < 4.78 is 32.6. The molecule has 0 atom stereocenters. The molecular weight excluding hydrogens is 442 g/mol. The lowest BCUT2D eigenvalue weighted by Crippen LogP contribution is -2.20. The molecule has 0 bridgehead atoms. The van der Waals surface area contributed by atoms with Gasteiger partial charge in [-0.1, -0.05) is 30.4 Å². The lowest BCUT2D eigenvalue weighted by molar-refractivity contribution is -0.384. The van der Waals surface area contributed by atoms with Gasteiger partial charge in [-0.05, 0) is 25.1 Å². The Morgan fingerprint density at radius 1 is 1.23 bits per heavy atom. The molecule has 1 aromatic heterocycles. The Kier molecular flexibility index (Phi) is 6.98. The molecule has 0 saturated carbocycles. The number of amides is 1. The number of aromatic nitrogens is 1. The van der Waals surface area contributed by atoms with E-state index in [2.05, 4.69) is 4.99 Å². The number of fused-ring (bicyclic) bond motifs is 1. The highest BCUT2D eigenvalue weighted by Gasteiger charge is 2.21. The summed E-state index contributed by atoms with van der Waals surface area (Å²) in [7, 11) is -3.61. The van der Waals surface area contributed by atoms with Gasteiger partial charge in [0, 0.05) is 25.3 Å². The smallest absolute Gasteiger partial charge is 0.280 e.